The minimum Gasteiger partial charge on any atom is -0.456 e. The lowest BCUT2D eigenvalue weighted by atomic mass is 9.87. The SMILES string of the molecule is c1ccc(CCC2c3ccccc3-c3cccc(-c4nc(-c5cc6c(cc5-n5c7cc8ccccc8cc7c7c8ccccc8ccc75)oc5ccccc56)nc(-c5cccc6ccccc56)n4)c32)cc1. The van der Waals surface area contributed by atoms with E-state index >= 15 is 0 Å². The third-order valence-corrected chi connectivity index (χ3v) is 15.1. The van der Waals surface area contributed by atoms with Crippen molar-refractivity contribution in [1.82, 2.24) is 19.5 Å². The van der Waals surface area contributed by atoms with E-state index in [1.165, 1.54) is 60.1 Å². The molecule has 0 N–H and O–H groups in total. The molecule has 3 heterocycles. The molecule has 71 heavy (non-hydrogen) atoms. The quantitative estimate of drug-likeness (QED) is 0.160. The molecule has 0 radical (unpaired) electrons. The van der Waals surface area contributed by atoms with Gasteiger partial charge in [0, 0.05) is 50.2 Å². The zero-order chi connectivity index (χ0) is 46.6. The van der Waals surface area contributed by atoms with Crippen LogP contribution in [-0.2, 0) is 6.42 Å². The van der Waals surface area contributed by atoms with Crippen molar-refractivity contribution in [2.45, 2.75) is 18.8 Å². The summed E-state index contributed by atoms with van der Waals surface area (Å²) in [7, 11) is 0. The van der Waals surface area contributed by atoms with Gasteiger partial charge in [-0.25, -0.2) is 15.0 Å². The van der Waals surface area contributed by atoms with Gasteiger partial charge in [0.1, 0.15) is 11.2 Å². The first-order chi connectivity index (χ1) is 35.2. The molecule has 0 saturated carbocycles. The first kappa shape index (κ1) is 39.8. The molecule has 5 nitrogen and oxygen atoms in total. The second-order valence-corrected chi connectivity index (χ2v) is 19.0. The maximum Gasteiger partial charge on any atom is 0.166 e. The van der Waals surface area contributed by atoms with E-state index in [0.29, 0.717) is 17.5 Å². The van der Waals surface area contributed by atoms with E-state index in [0.717, 1.165) is 79.0 Å². The predicted molar refractivity (Wildman–Crippen MR) is 292 cm³/mol. The molecule has 1 atom stereocenters. The number of aromatic nitrogens is 4. The normalized spacial score (nSPS) is 13.3. The maximum atomic E-state index is 6.76. The van der Waals surface area contributed by atoms with Gasteiger partial charge < -0.3 is 8.98 Å². The average Bonchev–Trinajstić information content (AvgIpc) is 4.08. The van der Waals surface area contributed by atoms with Crippen molar-refractivity contribution < 1.29 is 4.42 Å². The third-order valence-electron chi connectivity index (χ3n) is 15.1. The van der Waals surface area contributed by atoms with Crippen molar-refractivity contribution in [1.29, 1.82) is 0 Å². The van der Waals surface area contributed by atoms with Crippen LogP contribution in [-0.4, -0.2) is 19.5 Å². The van der Waals surface area contributed by atoms with E-state index in [9.17, 15) is 0 Å². The molecule has 0 fully saturated rings. The Morgan fingerprint density at radius 3 is 1.83 bits per heavy atom. The molecule has 14 aromatic rings. The summed E-state index contributed by atoms with van der Waals surface area (Å²) in [6.45, 7) is 0. The predicted octanol–water partition coefficient (Wildman–Crippen LogP) is 17.1. The number of hydrogen-bond donors (Lipinski definition) is 0. The summed E-state index contributed by atoms with van der Waals surface area (Å²) in [4.78, 5) is 16.9. The number of nitrogens with zero attached hydrogens (tertiary/aromatic N) is 4. The van der Waals surface area contributed by atoms with Crippen LogP contribution in [0.5, 0.6) is 0 Å². The van der Waals surface area contributed by atoms with E-state index in [-0.39, 0.29) is 5.92 Å². The highest BCUT2D eigenvalue weighted by molar-refractivity contribution is 6.23. The number of fused-ring (bicyclic) bond motifs is 13. The molecule has 1 unspecified atom stereocenters. The lowest BCUT2D eigenvalue weighted by molar-refractivity contribution is 0.668. The second-order valence-electron chi connectivity index (χ2n) is 19.0. The Hall–Kier alpha value is -9.19. The lowest BCUT2D eigenvalue weighted by Crippen LogP contribution is -2.06. The van der Waals surface area contributed by atoms with Gasteiger partial charge in [0.15, 0.2) is 17.5 Å². The number of furan rings is 1. The molecule has 0 aliphatic heterocycles. The molecule has 0 saturated heterocycles. The van der Waals surface area contributed by atoms with E-state index in [1.54, 1.807) is 0 Å². The Morgan fingerprint density at radius 1 is 0.380 bits per heavy atom. The van der Waals surface area contributed by atoms with Crippen molar-refractivity contribution in [2.75, 3.05) is 0 Å². The lowest BCUT2D eigenvalue weighted by Gasteiger charge is -2.19. The van der Waals surface area contributed by atoms with Crippen LogP contribution in [0.1, 0.15) is 29.0 Å². The highest BCUT2D eigenvalue weighted by Crippen LogP contribution is 2.51. The Kier molecular flexibility index (Phi) is 8.78. The van der Waals surface area contributed by atoms with E-state index in [4.69, 9.17) is 19.4 Å². The van der Waals surface area contributed by atoms with Crippen molar-refractivity contribution in [3.8, 4) is 51.0 Å². The third kappa shape index (κ3) is 6.22. The topological polar surface area (TPSA) is 56.7 Å². The van der Waals surface area contributed by atoms with Gasteiger partial charge in [-0.1, -0.05) is 188 Å². The molecule has 332 valence electrons. The average molecular weight is 907 g/mol. The summed E-state index contributed by atoms with van der Waals surface area (Å²) >= 11 is 0. The fourth-order valence-electron chi connectivity index (χ4n) is 11.8. The van der Waals surface area contributed by atoms with Gasteiger partial charge >= 0.3 is 0 Å². The van der Waals surface area contributed by atoms with Crippen LogP contribution in [0.4, 0.5) is 0 Å². The summed E-state index contributed by atoms with van der Waals surface area (Å²) in [5, 5.41) is 11.4. The fourth-order valence-corrected chi connectivity index (χ4v) is 11.8. The van der Waals surface area contributed by atoms with Crippen LogP contribution >= 0.6 is 0 Å². The Labute approximate surface area is 409 Å². The molecular weight excluding hydrogens is 865 g/mol. The summed E-state index contributed by atoms with van der Waals surface area (Å²) in [6.07, 6.45) is 1.90. The number of rotatable bonds is 7. The first-order valence-corrected chi connectivity index (χ1v) is 24.5. The molecular formula is C66H42N4O. The zero-order valence-corrected chi connectivity index (χ0v) is 38.6. The Morgan fingerprint density at radius 2 is 0.986 bits per heavy atom. The van der Waals surface area contributed by atoms with Crippen LogP contribution < -0.4 is 0 Å². The van der Waals surface area contributed by atoms with Crippen molar-refractivity contribution >= 4 is 76.1 Å². The first-order valence-electron chi connectivity index (χ1n) is 24.5. The molecule has 15 rings (SSSR count). The van der Waals surface area contributed by atoms with Crippen LogP contribution in [0.25, 0.3) is 127 Å². The molecule has 0 spiro atoms. The van der Waals surface area contributed by atoms with Crippen molar-refractivity contribution in [3.63, 3.8) is 0 Å². The number of para-hydroxylation sites is 1. The van der Waals surface area contributed by atoms with Gasteiger partial charge in [0.2, 0.25) is 0 Å². The van der Waals surface area contributed by atoms with Crippen LogP contribution in [0, 0.1) is 0 Å². The molecule has 3 aromatic heterocycles. The Bertz CT molecular complexity index is 4480. The van der Waals surface area contributed by atoms with Crippen LogP contribution in [0.3, 0.4) is 0 Å². The maximum absolute atomic E-state index is 6.76. The zero-order valence-electron chi connectivity index (χ0n) is 38.6. The van der Waals surface area contributed by atoms with E-state index < -0.39 is 0 Å². The highest BCUT2D eigenvalue weighted by atomic mass is 16.3. The second kappa shape index (κ2) is 15.7. The molecule has 5 heteroatoms. The number of aryl methyl sites for hydroxylation is 1. The summed E-state index contributed by atoms with van der Waals surface area (Å²) in [6, 6.07) is 80.8. The fraction of sp³-hybridized carbons (Fsp3) is 0.0455. The van der Waals surface area contributed by atoms with Gasteiger partial charge in [0.05, 0.1) is 16.7 Å². The molecule has 11 aromatic carbocycles. The van der Waals surface area contributed by atoms with Gasteiger partial charge in [-0.2, -0.15) is 0 Å². The van der Waals surface area contributed by atoms with Gasteiger partial charge in [-0.3, -0.25) is 0 Å². The number of hydrogen-bond acceptors (Lipinski definition) is 4. The van der Waals surface area contributed by atoms with E-state index in [2.05, 4.69) is 223 Å². The highest BCUT2D eigenvalue weighted by Gasteiger charge is 2.32. The van der Waals surface area contributed by atoms with Crippen LogP contribution in [0.2, 0.25) is 0 Å². The van der Waals surface area contributed by atoms with E-state index in [1.807, 2.05) is 6.07 Å². The van der Waals surface area contributed by atoms with Crippen LogP contribution in [0.15, 0.2) is 229 Å². The molecule has 1 aliphatic rings. The largest absolute Gasteiger partial charge is 0.456 e. The summed E-state index contributed by atoms with van der Waals surface area (Å²) < 4.78 is 9.18. The van der Waals surface area contributed by atoms with Gasteiger partial charge in [0.25, 0.3) is 0 Å². The van der Waals surface area contributed by atoms with Crippen molar-refractivity contribution in [3.05, 3.63) is 241 Å². The van der Waals surface area contributed by atoms with Crippen molar-refractivity contribution in [2.24, 2.45) is 0 Å². The minimum atomic E-state index is 0.144. The van der Waals surface area contributed by atoms with Gasteiger partial charge in [-0.15, -0.1) is 0 Å². The number of benzene rings is 11. The minimum absolute atomic E-state index is 0.144. The molecule has 0 amide bonds. The molecule has 0 bridgehead atoms. The Balaban J connectivity index is 1.05. The molecule has 1 aliphatic carbocycles. The van der Waals surface area contributed by atoms with Gasteiger partial charge in [-0.05, 0) is 103 Å². The monoisotopic (exact) mass is 906 g/mol. The standard InChI is InChI=1S/C66H42N4O/c1-2-16-40(17-3-1)32-34-51-48-26-11-10-25-47(48)50-28-15-30-53(62(50)51)65-67-64(52-29-14-22-41-18-6-8-23-45(41)52)68-66(69-65)56-38-54-49-27-12-13-31-60(49)71-61(54)39-59(56)70-57-35-33-42-19-7-9-24-46(42)63(57)55-36-43-20-4-5-21-44(43)37-58(55)70/h1-31,33,35-39,51H,32,34H2. The summed E-state index contributed by atoms with van der Waals surface area (Å²) in [5.74, 6) is 2.00. The smallest absolute Gasteiger partial charge is 0.166 e. The summed E-state index contributed by atoms with van der Waals surface area (Å²) in [5.41, 5.74) is 14.1.